The summed E-state index contributed by atoms with van der Waals surface area (Å²) in [6.45, 7) is 0. The molecule has 22 heavy (non-hydrogen) atoms. The maximum Gasteiger partial charge on any atom is 0.405 e. The molecule has 0 saturated carbocycles. The predicted molar refractivity (Wildman–Crippen MR) is 74.3 cm³/mol. The van der Waals surface area contributed by atoms with E-state index in [1.807, 2.05) is 0 Å². The maximum atomic E-state index is 12.5. The zero-order valence-electron chi connectivity index (χ0n) is 12.1. The first-order chi connectivity index (χ1) is 10.2. The lowest BCUT2D eigenvalue weighted by Crippen LogP contribution is -2.44. The molecule has 0 fully saturated rings. The number of carbonyl (C=O) groups excluding carboxylic acids is 1. The third kappa shape index (κ3) is 5.79. The monoisotopic (exact) mass is 320 g/mol. The molecule has 0 saturated heterocycles. The standard InChI is InChI=1S/C14H19F3N2O3/c1-18-12(20)11(19-13(21)22)4-2-3-9-5-7-10(8-6-9)14(15,16)17/h2-3,5,10-11,19H,4,6-8H2,1H3,(H,18,20)(H,21,22)/b3-2+/t10?,11-/m0/s1. The van der Waals surface area contributed by atoms with Gasteiger partial charge in [0.25, 0.3) is 0 Å². The number of hydrogen-bond donors (Lipinski definition) is 3. The number of alkyl halides is 3. The van der Waals surface area contributed by atoms with E-state index in [9.17, 15) is 22.8 Å². The second kappa shape index (κ2) is 7.86. The number of allylic oxidation sites excluding steroid dienone is 3. The Morgan fingerprint density at radius 2 is 2.18 bits per heavy atom. The van der Waals surface area contributed by atoms with Gasteiger partial charge in [0.15, 0.2) is 0 Å². The summed E-state index contributed by atoms with van der Waals surface area (Å²) >= 11 is 0. The minimum absolute atomic E-state index is 0.0462. The Morgan fingerprint density at radius 3 is 2.64 bits per heavy atom. The van der Waals surface area contributed by atoms with Gasteiger partial charge in [-0.2, -0.15) is 13.2 Å². The summed E-state index contributed by atoms with van der Waals surface area (Å²) in [4.78, 5) is 22.1. The van der Waals surface area contributed by atoms with Crippen LogP contribution in [-0.4, -0.2) is 36.4 Å². The van der Waals surface area contributed by atoms with E-state index in [4.69, 9.17) is 5.11 Å². The average Bonchev–Trinajstić information content (AvgIpc) is 2.44. The third-order valence-corrected chi connectivity index (χ3v) is 3.47. The Hall–Kier alpha value is -1.99. The lowest BCUT2D eigenvalue weighted by molar-refractivity contribution is -0.176. The van der Waals surface area contributed by atoms with E-state index < -0.39 is 30.1 Å². The van der Waals surface area contributed by atoms with E-state index in [0.29, 0.717) is 6.42 Å². The molecular weight excluding hydrogens is 301 g/mol. The summed E-state index contributed by atoms with van der Waals surface area (Å²) in [5.74, 6) is -1.77. The fraction of sp³-hybridized carbons (Fsp3) is 0.571. The van der Waals surface area contributed by atoms with Gasteiger partial charge < -0.3 is 15.7 Å². The molecule has 0 bridgehead atoms. The van der Waals surface area contributed by atoms with Gasteiger partial charge in [-0.25, -0.2) is 4.79 Å². The molecule has 2 atom stereocenters. The van der Waals surface area contributed by atoms with Crippen LogP contribution in [0.1, 0.15) is 25.7 Å². The largest absolute Gasteiger partial charge is 0.465 e. The molecule has 124 valence electrons. The molecule has 1 unspecified atom stereocenters. The van der Waals surface area contributed by atoms with Gasteiger partial charge in [-0.3, -0.25) is 4.79 Å². The molecule has 3 N–H and O–H groups in total. The Morgan fingerprint density at radius 1 is 1.50 bits per heavy atom. The zero-order valence-corrected chi connectivity index (χ0v) is 12.1. The Kier molecular flexibility index (Phi) is 6.45. The van der Waals surface area contributed by atoms with Crippen molar-refractivity contribution >= 4 is 12.0 Å². The fourth-order valence-corrected chi connectivity index (χ4v) is 2.21. The Bertz CT molecular complexity index is 472. The number of carbonyl (C=O) groups is 2. The van der Waals surface area contributed by atoms with Crippen LogP contribution in [0.15, 0.2) is 23.8 Å². The maximum absolute atomic E-state index is 12.5. The zero-order chi connectivity index (χ0) is 16.8. The van der Waals surface area contributed by atoms with Crippen molar-refractivity contribution in [2.75, 3.05) is 7.05 Å². The van der Waals surface area contributed by atoms with Crippen molar-refractivity contribution in [3.63, 3.8) is 0 Å². The highest BCUT2D eigenvalue weighted by molar-refractivity contribution is 5.85. The number of hydrogen-bond acceptors (Lipinski definition) is 2. The smallest absolute Gasteiger partial charge is 0.405 e. The number of amides is 2. The van der Waals surface area contributed by atoms with Gasteiger partial charge in [-0.15, -0.1) is 0 Å². The lowest BCUT2D eigenvalue weighted by Gasteiger charge is -2.23. The molecule has 0 radical (unpaired) electrons. The van der Waals surface area contributed by atoms with Crippen molar-refractivity contribution in [3.05, 3.63) is 23.8 Å². The Labute approximate surface area is 126 Å². The fourth-order valence-electron chi connectivity index (χ4n) is 2.21. The van der Waals surface area contributed by atoms with Crippen molar-refractivity contribution in [3.8, 4) is 0 Å². The van der Waals surface area contributed by atoms with Crippen molar-refractivity contribution < 1.29 is 27.9 Å². The molecule has 0 heterocycles. The van der Waals surface area contributed by atoms with Crippen molar-refractivity contribution in [1.82, 2.24) is 10.6 Å². The van der Waals surface area contributed by atoms with Crippen LogP contribution >= 0.6 is 0 Å². The van der Waals surface area contributed by atoms with E-state index in [2.05, 4.69) is 10.6 Å². The topological polar surface area (TPSA) is 78.4 Å². The molecule has 0 aromatic rings. The van der Waals surface area contributed by atoms with Crippen molar-refractivity contribution in [2.45, 2.75) is 37.9 Å². The van der Waals surface area contributed by atoms with E-state index in [0.717, 1.165) is 5.57 Å². The normalized spacial score (nSPS) is 20.4. The van der Waals surface area contributed by atoms with E-state index in [1.165, 1.54) is 13.1 Å². The highest BCUT2D eigenvalue weighted by Gasteiger charge is 2.39. The summed E-state index contributed by atoms with van der Waals surface area (Å²) in [5, 5.41) is 13.1. The van der Waals surface area contributed by atoms with Crippen LogP contribution in [0, 0.1) is 5.92 Å². The molecule has 0 aliphatic heterocycles. The third-order valence-electron chi connectivity index (χ3n) is 3.47. The Balaban J connectivity index is 2.56. The van der Waals surface area contributed by atoms with Gasteiger partial charge in [-0.1, -0.05) is 23.8 Å². The van der Waals surface area contributed by atoms with Gasteiger partial charge >= 0.3 is 12.3 Å². The number of carboxylic acid groups (broad SMARTS) is 1. The molecular formula is C14H19F3N2O3. The quantitative estimate of drug-likeness (QED) is 0.728. The molecule has 1 aliphatic carbocycles. The molecule has 1 aliphatic rings. The summed E-state index contributed by atoms with van der Waals surface area (Å²) < 4.78 is 37.6. The summed E-state index contributed by atoms with van der Waals surface area (Å²) in [7, 11) is 1.39. The van der Waals surface area contributed by atoms with Crippen LogP contribution in [-0.2, 0) is 4.79 Å². The lowest BCUT2D eigenvalue weighted by atomic mass is 9.89. The number of halogens is 3. The summed E-state index contributed by atoms with van der Waals surface area (Å²) in [6.07, 6.45) is -0.252. The van der Waals surface area contributed by atoms with Crippen LogP contribution in [0.4, 0.5) is 18.0 Å². The minimum Gasteiger partial charge on any atom is -0.465 e. The first-order valence-electron chi connectivity index (χ1n) is 6.87. The first-order valence-corrected chi connectivity index (χ1v) is 6.87. The van der Waals surface area contributed by atoms with Gasteiger partial charge in [0, 0.05) is 7.05 Å². The second-order valence-electron chi connectivity index (χ2n) is 5.05. The molecule has 0 spiro atoms. The molecule has 2 amide bonds. The van der Waals surface area contributed by atoms with E-state index in [-0.39, 0.29) is 19.3 Å². The van der Waals surface area contributed by atoms with Crippen LogP contribution < -0.4 is 10.6 Å². The molecule has 0 aromatic heterocycles. The summed E-state index contributed by atoms with van der Waals surface area (Å²) in [5.41, 5.74) is 0.770. The number of likely N-dealkylation sites (N-methyl/N-ethyl adjacent to an activating group) is 1. The van der Waals surface area contributed by atoms with Gasteiger partial charge in [0.05, 0.1) is 5.92 Å². The first kappa shape index (κ1) is 18.1. The van der Waals surface area contributed by atoms with Crippen LogP contribution in [0.5, 0.6) is 0 Å². The van der Waals surface area contributed by atoms with Crippen molar-refractivity contribution in [2.24, 2.45) is 5.92 Å². The minimum atomic E-state index is -4.17. The van der Waals surface area contributed by atoms with Crippen LogP contribution in [0.25, 0.3) is 0 Å². The highest BCUT2D eigenvalue weighted by Crippen LogP contribution is 2.37. The van der Waals surface area contributed by atoms with E-state index in [1.54, 1.807) is 12.2 Å². The SMILES string of the molecule is CNC(=O)[C@H](C/C=C/C1=CCC(C(F)(F)F)CC1)NC(=O)O. The van der Waals surface area contributed by atoms with Gasteiger partial charge in [0.1, 0.15) is 6.04 Å². The van der Waals surface area contributed by atoms with Gasteiger partial charge in [0.2, 0.25) is 5.91 Å². The van der Waals surface area contributed by atoms with Crippen LogP contribution in [0.3, 0.4) is 0 Å². The average molecular weight is 320 g/mol. The number of rotatable bonds is 5. The summed E-state index contributed by atoms with van der Waals surface area (Å²) in [6, 6.07) is -0.925. The highest BCUT2D eigenvalue weighted by atomic mass is 19.4. The number of nitrogens with one attached hydrogen (secondary N) is 2. The molecule has 0 aromatic carbocycles. The molecule has 5 nitrogen and oxygen atoms in total. The van der Waals surface area contributed by atoms with E-state index >= 15 is 0 Å². The van der Waals surface area contributed by atoms with Gasteiger partial charge in [-0.05, 0) is 25.7 Å². The van der Waals surface area contributed by atoms with Crippen molar-refractivity contribution in [1.29, 1.82) is 0 Å². The molecule has 1 rings (SSSR count). The second-order valence-corrected chi connectivity index (χ2v) is 5.05. The predicted octanol–water partition coefficient (Wildman–Crippen LogP) is 2.60. The molecule has 8 heteroatoms. The van der Waals surface area contributed by atoms with Crippen LogP contribution in [0.2, 0.25) is 0 Å².